The molecule has 2 N–H and O–H groups in total. The smallest absolute Gasteiger partial charge is 0.329 e. The van der Waals surface area contributed by atoms with Gasteiger partial charge < -0.3 is 10.4 Å². The first-order chi connectivity index (χ1) is 12.8. The number of hydrogen-bond donors (Lipinski definition) is 2. The van der Waals surface area contributed by atoms with Gasteiger partial charge in [0.25, 0.3) is 5.91 Å². The Morgan fingerprint density at radius 1 is 1.37 bits per heavy atom. The molecule has 0 bridgehead atoms. The summed E-state index contributed by atoms with van der Waals surface area (Å²) in [4.78, 5) is 29.5. The summed E-state index contributed by atoms with van der Waals surface area (Å²) in [6, 6.07) is 1.92. The first kappa shape index (κ1) is 19.3. The third-order valence-electron chi connectivity index (χ3n) is 5.79. The lowest BCUT2D eigenvalue weighted by molar-refractivity contribution is -0.146. The van der Waals surface area contributed by atoms with Crippen molar-refractivity contribution in [3.05, 3.63) is 23.5 Å². The average molecular weight is 372 g/mol. The van der Waals surface area contributed by atoms with Crippen molar-refractivity contribution in [2.45, 2.75) is 71.4 Å². The number of rotatable bonds is 5. The van der Waals surface area contributed by atoms with Crippen LogP contribution in [0.3, 0.4) is 0 Å². The molecule has 0 aromatic carbocycles. The molecule has 1 aliphatic carbocycles. The second-order valence-corrected chi connectivity index (χ2v) is 7.91. The van der Waals surface area contributed by atoms with Crippen LogP contribution in [0, 0.1) is 12.8 Å². The minimum absolute atomic E-state index is 0.165. The zero-order valence-corrected chi connectivity index (χ0v) is 16.5. The summed E-state index contributed by atoms with van der Waals surface area (Å²) in [5, 5.41) is 17.7. The van der Waals surface area contributed by atoms with Crippen LogP contribution in [0.15, 0.2) is 12.3 Å². The van der Waals surface area contributed by atoms with Gasteiger partial charge in [-0.3, -0.25) is 4.79 Å². The monoisotopic (exact) mass is 372 g/mol. The lowest BCUT2D eigenvalue weighted by Crippen LogP contribution is -2.56. The van der Waals surface area contributed by atoms with Gasteiger partial charge in [0, 0.05) is 11.4 Å². The van der Waals surface area contributed by atoms with Crippen molar-refractivity contribution in [2.24, 2.45) is 5.92 Å². The fourth-order valence-electron chi connectivity index (χ4n) is 3.93. The summed E-state index contributed by atoms with van der Waals surface area (Å²) in [7, 11) is 0. The van der Waals surface area contributed by atoms with Crippen LogP contribution in [0.2, 0.25) is 0 Å². The maximum atomic E-state index is 12.9. The Morgan fingerprint density at radius 3 is 2.59 bits per heavy atom. The lowest BCUT2D eigenvalue weighted by atomic mass is 9.75. The van der Waals surface area contributed by atoms with Gasteiger partial charge in [-0.05, 0) is 58.4 Å². The van der Waals surface area contributed by atoms with Crippen molar-refractivity contribution in [1.82, 2.24) is 20.1 Å². The number of carboxylic acids is 1. The molecule has 0 atom stereocenters. The summed E-state index contributed by atoms with van der Waals surface area (Å²) in [5.41, 5.74) is 0.524. The second kappa shape index (κ2) is 7.29. The van der Waals surface area contributed by atoms with E-state index in [1.165, 1.54) is 0 Å². The Hall–Kier alpha value is -2.44. The summed E-state index contributed by atoms with van der Waals surface area (Å²) in [6.07, 6.45) is 5.31. The minimum atomic E-state index is -1.19. The van der Waals surface area contributed by atoms with E-state index in [0.29, 0.717) is 30.0 Å². The molecule has 2 aromatic rings. The van der Waals surface area contributed by atoms with E-state index >= 15 is 0 Å². The Labute approximate surface area is 159 Å². The number of nitrogens with zero attached hydrogens (tertiary/aromatic N) is 3. The molecular formula is C20H28N4O3. The van der Waals surface area contributed by atoms with Gasteiger partial charge in [0.05, 0.1) is 17.5 Å². The van der Waals surface area contributed by atoms with Crippen molar-refractivity contribution >= 4 is 22.9 Å². The Bertz CT molecular complexity index is 863. The van der Waals surface area contributed by atoms with Crippen LogP contribution < -0.4 is 5.32 Å². The largest absolute Gasteiger partial charge is 0.480 e. The Balaban J connectivity index is 1.89. The van der Waals surface area contributed by atoms with Crippen LogP contribution in [-0.2, 0) is 4.79 Å². The van der Waals surface area contributed by atoms with Gasteiger partial charge in [-0.25, -0.2) is 14.5 Å². The molecule has 0 unspecified atom stereocenters. The number of carbonyl (C=O) groups excluding carboxylic acids is 1. The van der Waals surface area contributed by atoms with E-state index in [-0.39, 0.29) is 11.9 Å². The fraction of sp³-hybridized carbons (Fsp3) is 0.600. The predicted molar refractivity (Wildman–Crippen MR) is 103 cm³/mol. The zero-order valence-electron chi connectivity index (χ0n) is 16.5. The van der Waals surface area contributed by atoms with E-state index in [2.05, 4.69) is 22.3 Å². The molecule has 7 nitrogen and oxygen atoms in total. The molecule has 2 aromatic heterocycles. The molecule has 7 heteroatoms. The van der Waals surface area contributed by atoms with Gasteiger partial charge in [-0.1, -0.05) is 13.3 Å². The van der Waals surface area contributed by atoms with Gasteiger partial charge in [0.2, 0.25) is 0 Å². The van der Waals surface area contributed by atoms with E-state index < -0.39 is 11.5 Å². The normalized spacial score (nSPS) is 22.9. The predicted octanol–water partition coefficient (Wildman–Crippen LogP) is 3.47. The van der Waals surface area contributed by atoms with E-state index in [1.807, 2.05) is 18.5 Å². The maximum absolute atomic E-state index is 12.9. The molecule has 0 spiro atoms. The first-order valence-corrected chi connectivity index (χ1v) is 9.68. The molecule has 0 aliphatic heterocycles. The number of fused-ring (bicyclic) bond motifs is 1. The van der Waals surface area contributed by atoms with Gasteiger partial charge in [-0.2, -0.15) is 5.10 Å². The molecule has 1 aliphatic rings. The highest BCUT2D eigenvalue weighted by Gasteiger charge is 2.43. The van der Waals surface area contributed by atoms with E-state index in [9.17, 15) is 14.7 Å². The highest BCUT2D eigenvalue weighted by atomic mass is 16.4. The number of nitrogens with one attached hydrogen (secondary N) is 1. The number of amides is 1. The van der Waals surface area contributed by atoms with Gasteiger partial charge in [0.15, 0.2) is 5.65 Å². The van der Waals surface area contributed by atoms with E-state index in [0.717, 1.165) is 30.3 Å². The molecule has 27 heavy (non-hydrogen) atoms. The number of aryl methyl sites for hydroxylation is 1. The Morgan fingerprint density at radius 2 is 2.04 bits per heavy atom. The third-order valence-corrected chi connectivity index (χ3v) is 5.79. The molecule has 1 saturated carbocycles. The van der Waals surface area contributed by atoms with Crippen molar-refractivity contribution in [2.75, 3.05) is 0 Å². The molecular weight excluding hydrogens is 344 g/mol. The third kappa shape index (κ3) is 3.55. The van der Waals surface area contributed by atoms with Crippen LogP contribution in [0.1, 0.15) is 75.0 Å². The summed E-state index contributed by atoms with van der Waals surface area (Å²) < 4.78 is 1.81. The molecule has 1 amide bonds. The number of hydrogen-bond acceptors (Lipinski definition) is 4. The van der Waals surface area contributed by atoms with Crippen LogP contribution in [0.25, 0.3) is 11.0 Å². The van der Waals surface area contributed by atoms with E-state index in [1.54, 1.807) is 19.2 Å². The van der Waals surface area contributed by atoms with Crippen molar-refractivity contribution in [1.29, 1.82) is 0 Å². The molecule has 0 radical (unpaired) electrons. The summed E-state index contributed by atoms with van der Waals surface area (Å²) >= 11 is 0. The number of aromatic nitrogens is 3. The van der Waals surface area contributed by atoms with E-state index in [4.69, 9.17) is 0 Å². The second-order valence-electron chi connectivity index (χ2n) is 7.91. The van der Waals surface area contributed by atoms with Crippen LogP contribution in [-0.4, -0.2) is 37.3 Å². The van der Waals surface area contributed by atoms with Crippen LogP contribution in [0.5, 0.6) is 0 Å². The number of pyridine rings is 1. The highest BCUT2D eigenvalue weighted by molar-refractivity contribution is 6.00. The number of carboxylic acid groups (broad SMARTS) is 1. The lowest BCUT2D eigenvalue weighted by Gasteiger charge is -2.37. The minimum Gasteiger partial charge on any atom is -0.480 e. The zero-order chi connectivity index (χ0) is 19.8. The molecule has 3 rings (SSSR count). The van der Waals surface area contributed by atoms with Gasteiger partial charge in [0.1, 0.15) is 5.54 Å². The number of carbonyl (C=O) groups is 2. The van der Waals surface area contributed by atoms with Crippen molar-refractivity contribution in [3.63, 3.8) is 0 Å². The maximum Gasteiger partial charge on any atom is 0.329 e. The van der Waals surface area contributed by atoms with Crippen molar-refractivity contribution in [3.8, 4) is 0 Å². The summed E-state index contributed by atoms with van der Waals surface area (Å²) in [5.74, 6) is -0.794. The van der Waals surface area contributed by atoms with Gasteiger partial charge >= 0.3 is 5.97 Å². The number of aliphatic carboxylic acids is 1. The molecule has 2 heterocycles. The van der Waals surface area contributed by atoms with Crippen LogP contribution >= 0.6 is 0 Å². The standard InChI is InChI=1S/C20H28N4O3/c1-5-14-6-8-20(9-7-14,19(26)27)23-18(25)16-10-15-11-21-24(12(2)3)17(15)22-13(16)4/h10-12,14H,5-9H2,1-4H3,(H,23,25)(H,26,27). The fourth-order valence-corrected chi connectivity index (χ4v) is 3.93. The average Bonchev–Trinajstić information content (AvgIpc) is 3.04. The van der Waals surface area contributed by atoms with Gasteiger partial charge in [-0.15, -0.1) is 0 Å². The SMILES string of the molecule is CCC1CCC(NC(=O)c2cc3cnn(C(C)C)c3nc2C)(C(=O)O)CC1. The van der Waals surface area contributed by atoms with Crippen LogP contribution in [0.4, 0.5) is 0 Å². The molecule has 146 valence electrons. The molecule has 0 saturated heterocycles. The van der Waals surface area contributed by atoms with Crippen molar-refractivity contribution < 1.29 is 14.7 Å². The summed E-state index contributed by atoms with van der Waals surface area (Å²) in [6.45, 7) is 7.94. The first-order valence-electron chi connectivity index (χ1n) is 9.68. The topological polar surface area (TPSA) is 97.1 Å². The quantitative estimate of drug-likeness (QED) is 0.837. The molecule has 1 fully saturated rings. The highest BCUT2D eigenvalue weighted by Crippen LogP contribution is 2.34. The Kier molecular flexibility index (Phi) is 5.22.